The van der Waals surface area contributed by atoms with Gasteiger partial charge in [0.25, 0.3) is 0 Å². The fourth-order valence-corrected chi connectivity index (χ4v) is 2.63. The number of hydrogen-bond donors (Lipinski definition) is 1. The van der Waals surface area contributed by atoms with Crippen LogP contribution in [-0.4, -0.2) is 31.9 Å². The molecule has 1 fully saturated rings. The van der Waals surface area contributed by atoms with E-state index in [0.29, 0.717) is 18.6 Å². The maximum Gasteiger partial charge on any atom is 0.119 e. The van der Waals surface area contributed by atoms with Crippen molar-refractivity contribution in [3.63, 3.8) is 0 Å². The lowest BCUT2D eigenvalue weighted by atomic mass is 10.0. The van der Waals surface area contributed by atoms with E-state index in [4.69, 9.17) is 9.47 Å². The summed E-state index contributed by atoms with van der Waals surface area (Å²) in [6, 6.07) is 8.41. The van der Waals surface area contributed by atoms with Crippen LogP contribution in [-0.2, 0) is 4.74 Å². The normalized spacial score (nSPS) is 21.9. The maximum absolute atomic E-state index is 6.00. The average Bonchev–Trinajstić information content (AvgIpc) is 2.94. The molecule has 3 heteroatoms. The SMILES string of the molecule is CCCNCC1CCC(COc2ccc(C(C)C)cc2)O1. The first kappa shape index (κ1) is 16.3. The molecule has 0 saturated carbocycles. The van der Waals surface area contributed by atoms with Crippen molar-refractivity contribution < 1.29 is 9.47 Å². The first-order valence-electron chi connectivity index (χ1n) is 8.28. The number of ether oxygens (including phenoxy) is 2. The Balaban J connectivity index is 1.69. The van der Waals surface area contributed by atoms with Crippen LogP contribution in [0.15, 0.2) is 24.3 Å². The van der Waals surface area contributed by atoms with Gasteiger partial charge in [0.2, 0.25) is 0 Å². The largest absolute Gasteiger partial charge is 0.491 e. The van der Waals surface area contributed by atoms with E-state index in [1.54, 1.807) is 0 Å². The Morgan fingerprint density at radius 2 is 1.90 bits per heavy atom. The van der Waals surface area contributed by atoms with Crippen LogP contribution in [0.1, 0.15) is 51.5 Å². The minimum Gasteiger partial charge on any atom is -0.491 e. The van der Waals surface area contributed by atoms with E-state index in [0.717, 1.165) is 31.7 Å². The van der Waals surface area contributed by atoms with E-state index in [-0.39, 0.29) is 6.10 Å². The molecule has 0 bridgehead atoms. The standard InChI is InChI=1S/C18H29NO2/c1-4-11-19-12-17-9-10-18(21-17)13-20-16-7-5-15(6-8-16)14(2)3/h5-8,14,17-19H,4,9-13H2,1-3H3. The molecular weight excluding hydrogens is 262 g/mol. The monoisotopic (exact) mass is 291 g/mol. The quantitative estimate of drug-likeness (QED) is 0.740. The van der Waals surface area contributed by atoms with Crippen molar-refractivity contribution in [2.45, 2.75) is 58.2 Å². The van der Waals surface area contributed by atoms with Crippen molar-refractivity contribution >= 4 is 0 Å². The van der Waals surface area contributed by atoms with Crippen LogP contribution in [0, 0.1) is 0 Å². The van der Waals surface area contributed by atoms with Gasteiger partial charge in [-0.2, -0.15) is 0 Å². The molecule has 1 aromatic rings. The average molecular weight is 291 g/mol. The second-order valence-corrected chi connectivity index (χ2v) is 6.20. The highest BCUT2D eigenvalue weighted by molar-refractivity contribution is 5.28. The zero-order valence-corrected chi connectivity index (χ0v) is 13.6. The minimum atomic E-state index is 0.239. The summed E-state index contributed by atoms with van der Waals surface area (Å²) in [5.74, 6) is 1.50. The summed E-state index contributed by atoms with van der Waals surface area (Å²) in [7, 11) is 0. The summed E-state index contributed by atoms with van der Waals surface area (Å²) in [6.07, 6.45) is 4.00. The predicted molar refractivity (Wildman–Crippen MR) is 87.1 cm³/mol. The second-order valence-electron chi connectivity index (χ2n) is 6.20. The van der Waals surface area contributed by atoms with Gasteiger partial charge < -0.3 is 14.8 Å². The molecule has 118 valence electrons. The lowest BCUT2D eigenvalue weighted by Gasteiger charge is -2.15. The fraction of sp³-hybridized carbons (Fsp3) is 0.667. The molecule has 1 saturated heterocycles. The molecule has 1 heterocycles. The van der Waals surface area contributed by atoms with Crippen LogP contribution in [0.5, 0.6) is 5.75 Å². The Bertz CT molecular complexity index is 402. The third kappa shape index (κ3) is 5.33. The van der Waals surface area contributed by atoms with E-state index in [2.05, 4.69) is 50.4 Å². The number of benzene rings is 1. The van der Waals surface area contributed by atoms with Gasteiger partial charge in [0.15, 0.2) is 0 Å². The lowest BCUT2D eigenvalue weighted by molar-refractivity contribution is 0.0186. The van der Waals surface area contributed by atoms with E-state index in [1.165, 1.54) is 12.0 Å². The van der Waals surface area contributed by atoms with Gasteiger partial charge in [0.1, 0.15) is 12.4 Å². The Morgan fingerprint density at radius 3 is 2.57 bits per heavy atom. The fourth-order valence-electron chi connectivity index (χ4n) is 2.63. The van der Waals surface area contributed by atoms with E-state index in [1.807, 2.05) is 0 Å². The summed E-state index contributed by atoms with van der Waals surface area (Å²) in [5.41, 5.74) is 1.35. The summed E-state index contributed by atoms with van der Waals surface area (Å²) < 4.78 is 11.9. The van der Waals surface area contributed by atoms with Gasteiger partial charge in [-0.05, 0) is 49.4 Å². The van der Waals surface area contributed by atoms with Gasteiger partial charge in [-0.25, -0.2) is 0 Å². The predicted octanol–water partition coefficient (Wildman–Crippen LogP) is 3.74. The Labute approximate surface area is 129 Å². The summed E-state index contributed by atoms with van der Waals surface area (Å²) in [4.78, 5) is 0. The highest BCUT2D eigenvalue weighted by Crippen LogP contribution is 2.22. The van der Waals surface area contributed by atoms with Crippen molar-refractivity contribution in [2.24, 2.45) is 0 Å². The van der Waals surface area contributed by atoms with Gasteiger partial charge in [-0.15, -0.1) is 0 Å². The molecule has 0 radical (unpaired) electrons. The van der Waals surface area contributed by atoms with Gasteiger partial charge in [-0.1, -0.05) is 32.9 Å². The highest BCUT2D eigenvalue weighted by atomic mass is 16.5. The summed E-state index contributed by atoms with van der Waals surface area (Å²) >= 11 is 0. The van der Waals surface area contributed by atoms with Crippen LogP contribution in [0.25, 0.3) is 0 Å². The third-order valence-corrected chi connectivity index (χ3v) is 3.98. The molecule has 0 aliphatic carbocycles. The molecule has 2 atom stereocenters. The first-order chi connectivity index (χ1) is 10.2. The molecule has 1 aliphatic heterocycles. The highest BCUT2D eigenvalue weighted by Gasteiger charge is 2.25. The molecule has 0 amide bonds. The lowest BCUT2D eigenvalue weighted by Crippen LogP contribution is -2.28. The van der Waals surface area contributed by atoms with Crippen molar-refractivity contribution in [3.8, 4) is 5.75 Å². The molecule has 0 spiro atoms. The Hall–Kier alpha value is -1.06. The first-order valence-corrected chi connectivity index (χ1v) is 8.28. The van der Waals surface area contributed by atoms with Gasteiger partial charge in [-0.3, -0.25) is 0 Å². The zero-order chi connectivity index (χ0) is 15.1. The van der Waals surface area contributed by atoms with E-state index in [9.17, 15) is 0 Å². The van der Waals surface area contributed by atoms with Crippen LogP contribution < -0.4 is 10.1 Å². The van der Waals surface area contributed by atoms with Gasteiger partial charge in [0, 0.05) is 6.54 Å². The maximum atomic E-state index is 6.00. The summed E-state index contributed by atoms with van der Waals surface area (Å²) in [6.45, 7) is 9.29. The molecule has 1 aromatic carbocycles. The zero-order valence-electron chi connectivity index (χ0n) is 13.6. The van der Waals surface area contributed by atoms with Crippen LogP contribution in [0.4, 0.5) is 0 Å². The Morgan fingerprint density at radius 1 is 1.19 bits per heavy atom. The molecule has 1 aliphatic rings. The molecule has 2 rings (SSSR count). The molecule has 1 N–H and O–H groups in total. The minimum absolute atomic E-state index is 0.239. The van der Waals surface area contributed by atoms with Crippen molar-refractivity contribution in [2.75, 3.05) is 19.7 Å². The number of nitrogens with one attached hydrogen (secondary N) is 1. The molecular formula is C18H29NO2. The van der Waals surface area contributed by atoms with Gasteiger partial charge >= 0.3 is 0 Å². The van der Waals surface area contributed by atoms with Crippen LogP contribution >= 0.6 is 0 Å². The topological polar surface area (TPSA) is 30.5 Å². The van der Waals surface area contributed by atoms with Gasteiger partial charge in [0.05, 0.1) is 12.2 Å². The van der Waals surface area contributed by atoms with Crippen molar-refractivity contribution in [1.29, 1.82) is 0 Å². The van der Waals surface area contributed by atoms with Crippen molar-refractivity contribution in [1.82, 2.24) is 5.32 Å². The number of rotatable bonds is 8. The van der Waals surface area contributed by atoms with E-state index >= 15 is 0 Å². The smallest absolute Gasteiger partial charge is 0.119 e. The van der Waals surface area contributed by atoms with Crippen molar-refractivity contribution in [3.05, 3.63) is 29.8 Å². The van der Waals surface area contributed by atoms with Crippen LogP contribution in [0.3, 0.4) is 0 Å². The van der Waals surface area contributed by atoms with E-state index < -0.39 is 0 Å². The second kappa shape index (κ2) is 8.40. The summed E-state index contributed by atoms with van der Waals surface area (Å²) in [5, 5.41) is 3.42. The molecule has 3 nitrogen and oxygen atoms in total. The van der Waals surface area contributed by atoms with Crippen LogP contribution in [0.2, 0.25) is 0 Å². The molecule has 0 aromatic heterocycles. The Kier molecular flexibility index (Phi) is 6.52. The molecule has 2 unspecified atom stereocenters. The third-order valence-electron chi connectivity index (χ3n) is 3.98. The molecule has 21 heavy (non-hydrogen) atoms. The number of hydrogen-bond acceptors (Lipinski definition) is 3.